The molecule has 0 bridgehead atoms. The van der Waals surface area contributed by atoms with E-state index in [4.69, 9.17) is 21.5 Å². The monoisotopic (exact) mass is 331 g/mol. The van der Waals surface area contributed by atoms with Gasteiger partial charge in [0.15, 0.2) is 5.82 Å². The summed E-state index contributed by atoms with van der Waals surface area (Å²) in [4.78, 5) is 4.41. The maximum absolute atomic E-state index is 7.95. The Kier molecular flexibility index (Phi) is 5.37. The van der Waals surface area contributed by atoms with Gasteiger partial charge in [0.25, 0.3) is 5.89 Å². The van der Waals surface area contributed by atoms with Crippen LogP contribution in [-0.4, -0.2) is 15.9 Å². The minimum Gasteiger partial charge on any atom is -0.332 e. The Bertz CT molecular complexity index is 725. The summed E-state index contributed by atoms with van der Waals surface area (Å²) in [5.74, 6) is 0.877. The maximum atomic E-state index is 7.95. The van der Waals surface area contributed by atoms with Crippen LogP contribution in [0.3, 0.4) is 0 Å². The first-order chi connectivity index (χ1) is 11.0. The van der Waals surface area contributed by atoms with Crippen LogP contribution in [0.5, 0.6) is 0 Å². The molecule has 4 nitrogen and oxygen atoms in total. The fraction of sp³-hybridized carbons (Fsp3) is 0.389. The summed E-state index contributed by atoms with van der Waals surface area (Å²) in [5.41, 5.74) is 2.05. The number of halogens is 1. The minimum atomic E-state index is -0.245. The van der Waals surface area contributed by atoms with Gasteiger partial charge in [0.05, 0.1) is 5.41 Å². The summed E-state index contributed by atoms with van der Waals surface area (Å²) < 4.78 is 5.24. The molecule has 0 atom stereocenters. The van der Waals surface area contributed by atoms with Crippen LogP contribution < -0.4 is 0 Å². The standard InChI is InChI=1S/C16H16ClN3O.C2H6/c1-10(2)9-13(18)14-19-15(20-21-14)16(7-8-16)11-5-3-4-6-12(11)17;1-2/h3-6,9,18H,7-8H2,1-2H3;1-2H3. The average Bonchev–Trinajstić information content (AvgIpc) is 3.18. The number of allylic oxidation sites excluding steroid dienone is 2. The Hall–Kier alpha value is -1.94. The molecule has 1 saturated carbocycles. The third-order valence-corrected chi connectivity index (χ3v) is 3.99. The van der Waals surface area contributed by atoms with E-state index in [2.05, 4.69) is 10.1 Å². The molecule has 1 aliphatic rings. The Labute approximate surface area is 142 Å². The van der Waals surface area contributed by atoms with E-state index in [9.17, 15) is 0 Å². The molecule has 3 rings (SSSR count). The molecular weight excluding hydrogens is 310 g/mol. The summed E-state index contributed by atoms with van der Waals surface area (Å²) in [6.45, 7) is 7.86. The van der Waals surface area contributed by atoms with E-state index in [1.807, 2.05) is 52.0 Å². The lowest BCUT2D eigenvalue weighted by Crippen LogP contribution is -2.12. The van der Waals surface area contributed by atoms with Gasteiger partial charge < -0.3 is 4.52 Å². The molecule has 0 amide bonds. The van der Waals surface area contributed by atoms with Crippen molar-refractivity contribution >= 4 is 17.3 Å². The number of benzene rings is 1. The molecule has 0 unspecified atom stereocenters. The highest BCUT2D eigenvalue weighted by atomic mass is 35.5. The predicted molar refractivity (Wildman–Crippen MR) is 93.4 cm³/mol. The van der Waals surface area contributed by atoms with Crippen molar-refractivity contribution in [2.75, 3.05) is 0 Å². The van der Waals surface area contributed by atoms with Crippen LogP contribution in [0.4, 0.5) is 0 Å². The molecule has 0 aliphatic heterocycles. The summed E-state index contributed by atoms with van der Waals surface area (Å²) in [6.07, 6.45) is 3.61. The molecule has 0 spiro atoms. The topological polar surface area (TPSA) is 62.8 Å². The quantitative estimate of drug-likeness (QED) is 0.787. The molecule has 23 heavy (non-hydrogen) atoms. The van der Waals surface area contributed by atoms with Crippen LogP contribution in [0.15, 0.2) is 40.4 Å². The summed E-state index contributed by atoms with van der Waals surface area (Å²) in [7, 11) is 0. The smallest absolute Gasteiger partial charge is 0.275 e. The molecule has 2 aromatic rings. The molecular formula is C18H22ClN3O. The molecule has 122 valence electrons. The molecule has 0 saturated heterocycles. The molecule has 1 aliphatic carbocycles. The van der Waals surface area contributed by atoms with E-state index < -0.39 is 0 Å². The van der Waals surface area contributed by atoms with E-state index in [1.54, 1.807) is 6.08 Å². The fourth-order valence-corrected chi connectivity index (χ4v) is 2.78. The first kappa shape index (κ1) is 17.4. The third kappa shape index (κ3) is 3.53. The van der Waals surface area contributed by atoms with Gasteiger partial charge in [-0.05, 0) is 44.4 Å². The van der Waals surface area contributed by atoms with Gasteiger partial charge in [0.1, 0.15) is 5.71 Å². The highest BCUT2D eigenvalue weighted by Crippen LogP contribution is 2.54. The number of hydrogen-bond acceptors (Lipinski definition) is 4. The SMILES string of the molecule is CC.CC(C)=CC(=N)c1nc(C2(c3ccccc3Cl)CC2)no1. The first-order valence-corrected chi connectivity index (χ1v) is 8.24. The van der Waals surface area contributed by atoms with E-state index >= 15 is 0 Å². The summed E-state index contributed by atoms with van der Waals surface area (Å²) in [5, 5.41) is 12.8. The van der Waals surface area contributed by atoms with Gasteiger partial charge >= 0.3 is 0 Å². The van der Waals surface area contributed by atoms with Gasteiger partial charge in [-0.1, -0.05) is 54.4 Å². The molecule has 1 aromatic heterocycles. The lowest BCUT2D eigenvalue weighted by atomic mass is 9.95. The molecule has 1 aromatic carbocycles. The normalized spacial score (nSPS) is 14.5. The van der Waals surface area contributed by atoms with Crippen LogP contribution in [0.25, 0.3) is 0 Å². The van der Waals surface area contributed by atoms with Crippen molar-refractivity contribution in [1.29, 1.82) is 5.41 Å². The van der Waals surface area contributed by atoms with Crippen LogP contribution in [0, 0.1) is 5.41 Å². The van der Waals surface area contributed by atoms with Gasteiger partial charge in [-0.2, -0.15) is 4.98 Å². The maximum Gasteiger partial charge on any atom is 0.275 e. The predicted octanol–water partition coefficient (Wildman–Crippen LogP) is 5.16. The van der Waals surface area contributed by atoms with E-state index in [1.165, 1.54) is 0 Å². The lowest BCUT2D eigenvalue weighted by Gasteiger charge is -2.12. The van der Waals surface area contributed by atoms with E-state index in [-0.39, 0.29) is 17.0 Å². The zero-order valence-electron chi connectivity index (χ0n) is 14.0. The van der Waals surface area contributed by atoms with Crippen molar-refractivity contribution in [1.82, 2.24) is 10.1 Å². The van der Waals surface area contributed by atoms with E-state index in [0.29, 0.717) is 5.82 Å². The molecule has 5 heteroatoms. The van der Waals surface area contributed by atoms with Crippen molar-refractivity contribution in [3.05, 3.63) is 58.2 Å². The number of nitrogens with zero attached hydrogens (tertiary/aromatic N) is 2. The van der Waals surface area contributed by atoms with Crippen LogP contribution in [0.1, 0.15) is 57.8 Å². The Balaban J connectivity index is 0.000000924. The van der Waals surface area contributed by atoms with Crippen LogP contribution in [-0.2, 0) is 5.41 Å². The number of aromatic nitrogens is 2. The summed E-state index contributed by atoms with van der Waals surface area (Å²) in [6, 6.07) is 7.76. The second kappa shape index (κ2) is 7.09. The second-order valence-corrected chi connectivity index (χ2v) is 6.03. The molecule has 1 heterocycles. The van der Waals surface area contributed by atoms with E-state index in [0.717, 1.165) is 29.0 Å². The van der Waals surface area contributed by atoms with Gasteiger partial charge in [-0.3, -0.25) is 5.41 Å². The zero-order valence-corrected chi connectivity index (χ0v) is 14.7. The fourth-order valence-electron chi connectivity index (χ4n) is 2.47. The van der Waals surface area contributed by atoms with Gasteiger partial charge in [0.2, 0.25) is 0 Å². The van der Waals surface area contributed by atoms with Crippen LogP contribution >= 0.6 is 11.6 Å². The van der Waals surface area contributed by atoms with Crippen molar-refractivity contribution in [3.8, 4) is 0 Å². The van der Waals surface area contributed by atoms with Crippen molar-refractivity contribution in [3.63, 3.8) is 0 Å². The largest absolute Gasteiger partial charge is 0.332 e. The van der Waals surface area contributed by atoms with Gasteiger partial charge in [-0.25, -0.2) is 0 Å². The number of nitrogens with one attached hydrogen (secondary N) is 1. The van der Waals surface area contributed by atoms with Crippen molar-refractivity contribution in [2.45, 2.75) is 46.0 Å². The zero-order chi connectivity index (χ0) is 17.0. The van der Waals surface area contributed by atoms with Gasteiger partial charge in [-0.15, -0.1) is 0 Å². The molecule has 0 radical (unpaired) electrons. The Morgan fingerprint density at radius 3 is 2.48 bits per heavy atom. The summed E-state index contributed by atoms with van der Waals surface area (Å²) >= 11 is 6.30. The number of hydrogen-bond donors (Lipinski definition) is 1. The third-order valence-electron chi connectivity index (χ3n) is 3.66. The molecule has 1 fully saturated rings. The highest BCUT2D eigenvalue weighted by Gasteiger charge is 2.51. The number of rotatable bonds is 4. The van der Waals surface area contributed by atoms with Crippen molar-refractivity contribution < 1.29 is 4.52 Å². The molecule has 1 N–H and O–H groups in total. The highest BCUT2D eigenvalue weighted by molar-refractivity contribution is 6.31. The van der Waals surface area contributed by atoms with Gasteiger partial charge in [0, 0.05) is 5.02 Å². The van der Waals surface area contributed by atoms with Crippen LogP contribution in [0.2, 0.25) is 5.02 Å². The minimum absolute atomic E-state index is 0.240. The second-order valence-electron chi connectivity index (χ2n) is 5.62. The first-order valence-electron chi connectivity index (χ1n) is 7.86. The Morgan fingerprint density at radius 1 is 1.26 bits per heavy atom. The van der Waals surface area contributed by atoms with Crippen molar-refractivity contribution in [2.24, 2.45) is 0 Å². The Morgan fingerprint density at radius 2 is 1.91 bits per heavy atom. The average molecular weight is 332 g/mol. The lowest BCUT2D eigenvalue weighted by molar-refractivity contribution is 0.400.